The van der Waals surface area contributed by atoms with Crippen molar-refractivity contribution in [2.75, 3.05) is 19.8 Å². The molecule has 1 heterocycles. The summed E-state index contributed by atoms with van der Waals surface area (Å²) in [7, 11) is 0. The van der Waals surface area contributed by atoms with Crippen LogP contribution in [0.3, 0.4) is 0 Å². The van der Waals surface area contributed by atoms with Gasteiger partial charge in [0.05, 0.1) is 29.6 Å². The molecule has 1 aromatic heterocycles. The highest BCUT2D eigenvalue weighted by molar-refractivity contribution is 5.95. The number of hydrogen-bond donors (Lipinski definition) is 2. The molecule has 21 heavy (non-hydrogen) atoms. The van der Waals surface area contributed by atoms with Crippen LogP contribution in [0.1, 0.15) is 43.7 Å². The quantitative estimate of drug-likeness (QED) is 0.733. The molecule has 0 aliphatic heterocycles. The molecule has 0 saturated carbocycles. The first-order valence-electron chi connectivity index (χ1n) is 6.92. The number of carbonyl (C=O) groups is 2. The Morgan fingerprint density at radius 2 is 2.10 bits per heavy atom. The molecule has 1 aromatic rings. The van der Waals surface area contributed by atoms with Crippen molar-refractivity contribution in [1.29, 1.82) is 0 Å². The van der Waals surface area contributed by atoms with Crippen molar-refractivity contribution in [2.24, 2.45) is 0 Å². The number of aromatic nitrogens is 2. The molecule has 1 amide bonds. The van der Waals surface area contributed by atoms with E-state index in [2.05, 4.69) is 10.4 Å². The normalized spacial score (nSPS) is 11.4. The van der Waals surface area contributed by atoms with Gasteiger partial charge in [-0.3, -0.25) is 9.48 Å². The van der Waals surface area contributed by atoms with Gasteiger partial charge in [0.25, 0.3) is 5.91 Å². The van der Waals surface area contributed by atoms with Crippen LogP contribution in [0.2, 0.25) is 0 Å². The van der Waals surface area contributed by atoms with E-state index < -0.39 is 5.97 Å². The third-order valence-electron chi connectivity index (χ3n) is 2.84. The van der Waals surface area contributed by atoms with E-state index in [0.717, 1.165) is 5.69 Å². The summed E-state index contributed by atoms with van der Waals surface area (Å²) < 4.78 is 6.71. The molecular weight excluding hydrogens is 274 g/mol. The molecule has 0 spiro atoms. The standard InChI is InChI=1S/C14H23N3O4/c1-5-11-10(8-16-17(11)14(2,3)4)13(20)15-6-7-21-9-12(18)19/h8H,5-7,9H2,1-4H3,(H,15,20)(H,18,19). The number of rotatable bonds is 7. The van der Waals surface area contributed by atoms with Gasteiger partial charge < -0.3 is 15.2 Å². The molecule has 0 aliphatic carbocycles. The van der Waals surface area contributed by atoms with Gasteiger partial charge in [-0.15, -0.1) is 0 Å². The van der Waals surface area contributed by atoms with Crippen LogP contribution in [0, 0.1) is 0 Å². The smallest absolute Gasteiger partial charge is 0.329 e. The largest absolute Gasteiger partial charge is 0.480 e. The molecule has 118 valence electrons. The van der Waals surface area contributed by atoms with Gasteiger partial charge in [0, 0.05) is 6.54 Å². The van der Waals surface area contributed by atoms with E-state index in [0.29, 0.717) is 12.0 Å². The third-order valence-corrected chi connectivity index (χ3v) is 2.84. The van der Waals surface area contributed by atoms with Crippen LogP contribution >= 0.6 is 0 Å². The second-order valence-corrected chi connectivity index (χ2v) is 5.64. The minimum absolute atomic E-state index is 0.160. The van der Waals surface area contributed by atoms with Crippen LogP contribution in [0.25, 0.3) is 0 Å². The molecule has 0 atom stereocenters. The third kappa shape index (κ3) is 4.86. The van der Waals surface area contributed by atoms with Crippen LogP contribution < -0.4 is 5.32 Å². The summed E-state index contributed by atoms with van der Waals surface area (Å²) in [5.74, 6) is -1.25. The summed E-state index contributed by atoms with van der Waals surface area (Å²) >= 11 is 0. The number of nitrogens with one attached hydrogen (secondary N) is 1. The SMILES string of the molecule is CCc1c(C(=O)NCCOCC(=O)O)cnn1C(C)(C)C. The molecule has 0 aliphatic rings. The minimum Gasteiger partial charge on any atom is -0.480 e. The fourth-order valence-electron chi connectivity index (χ4n) is 1.97. The van der Waals surface area contributed by atoms with E-state index in [1.54, 1.807) is 6.20 Å². The first kappa shape index (κ1) is 17.2. The fourth-order valence-corrected chi connectivity index (χ4v) is 1.97. The Balaban J connectivity index is 2.63. The molecule has 1 rings (SSSR count). The highest BCUT2D eigenvalue weighted by Crippen LogP contribution is 2.19. The Hall–Kier alpha value is -1.89. The molecule has 0 unspecified atom stereocenters. The molecule has 0 saturated heterocycles. The summed E-state index contributed by atoms with van der Waals surface area (Å²) in [6.07, 6.45) is 2.27. The second-order valence-electron chi connectivity index (χ2n) is 5.64. The second kappa shape index (κ2) is 7.21. The molecule has 0 bridgehead atoms. The number of carboxylic acid groups (broad SMARTS) is 1. The number of carbonyl (C=O) groups excluding carboxylic acids is 1. The van der Waals surface area contributed by atoms with Crippen molar-refractivity contribution in [2.45, 2.75) is 39.7 Å². The van der Waals surface area contributed by atoms with E-state index in [1.165, 1.54) is 0 Å². The number of hydrogen-bond acceptors (Lipinski definition) is 4. The average Bonchev–Trinajstić information content (AvgIpc) is 2.81. The lowest BCUT2D eigenvalue weighted by molar-refractivity contribution is -0.142. The Morgan fingerprint density at radius 3 is 2.62 bits per heavy atom. The first-order valence-corrected chi connectivity index (χ1v) is 6.92. The van der Waals surface area contributed by atoms with Crippen LogP contribution in [-0.4, -0.2) is 46.5 Å². The zero-order valence-corrected chi connectivity index (χ0v) is 13.0. The Kier molecular flexibility index (Phi) is 5.90. The highest BCUT2D eigenvalue weighted by atomic mass is 16.5. The lowest BCUT2D eigenvalue weighted by Crippen LogP contribution is -2.30. The van der Waals surface area contributed by atoms with Gasteiger partial charge in [0.15, 0.2) is 0 Å². The summed E-state index contributed by atoms with van der Waals surface area (Å²) in [4.78, 5) is 22.4. The minimum atomic E-state index is -1.03. The maximum atomic E-state index is 12.1. The van der Waals surface area contributed by atoms with Gasteiger partial charge in [-0.1, -0.05) is 6.92 Å². The fraction of sp³-hybridized carbons (Fsp3) is 0.643. The monoisotopic (exact) mass is 297 g/mol. The average molecular weight is 297 g/mol. The molecular formula is C14H23N3O4. The number of amides is 1. The lowest BCUT2D eigenvalue weighted by Gasteiger charge is -2.22. The van der Waals surface area contributed by atoms with Crippen molar-refractivity contribution < 1.29 is 19.4 Å². The summed E-state index contributed by atoms with van der Waals surface area (Å²) in [5, 5.41) is 15.4. The van der Waals surface area contributed by atoms with Crippen molar-refractivity contribution in [3.8, 4) is 0 Å². The van der Waals surface area contributed by atoms with Gasteiger partial charge in [-0.05, 0) is 27.2 Å². The van der Waals surface area contributed by atoms with Crippen molar-refractivity contribution in [1.82, 2.24) is 15.1 Å². The van der Waals surface area contributed by atoms with Crippen molar-refractivity contribution in [3.05, 3.63) is 17.5 Å². The predicted octanol–water partition coefficient (Wildman–Crippen LogP) is 1.03. The van der Waals surface area contributed by atoms with E-state index in [4.69, 9.17) is 9.84 Å². The predicted molar refractivity (Wildman–Crippen MR) is 77.4 cm³/mol. The topological polar surface area (TPSA) is 93.4 Å². The Morgan fingerprint density at radius 1 is 1.43 bits per heavy atom. The van der Waals surface area contributed by atoms with E-state index >= 15 is 0 Å². The van der Waals surface area contributed by atoms with Gasteiger partial charge in [0.1, 0.15) is 6.61 Å². The summed E-state index contributed by atoms with van der Waals surface area (Å²) in [6.45, 7) is 8.12. The van der Waals surface area contributed by atoms with Crippen LogP contribution in [0.4, 0.5) is 0 Å². The van der Waals surface area contributed by atoms with Crippen LogP contribution in [-0.2, 0) is 21.5 Å². The van der Waals surface area contributed by atoms with Gasteiger partial charge in [-0.2, -0.15) is 5.10 Å². The highest BCUT2D eigenvalue weighted by Gasteiger charge is 2.22. The Labute approximate surface area is 124 Å². The number of nitrogens with zero attached hydrogens (tertiary/aromatic N) is 2. The van der Waals surface area contributed by atoms with Gasteiger partial charge in [0.2, 0.25) is 0 Å². The molecule has 0 fully saturated rings. The number of ether oxygens (including phenoxy) is 1. The summed E-state index contributed by atoms with van der Waals surface area (Å²) in [5.41, 5.74) is 1.24. The summed E-state index contributed by atoms with van der Waals surface area (Å²) in [6, 6.07) is 0. The molecule has 7 heteroatoms. The number of aliphatic carboxylic acids is 1. The molecule has 2 N–H and O–H groups in total. The zero-order valence-electron chi connectivity index (χ0n) is 13.0. The molecule has 0 aromatic carbocycles. The van der Waals surface area contributed by atoms with Crippen molar-refractivity contribution >= 4 is 11.9 Å². The maximum Gasteiger partial charge on any atom is 0.329 e. The Bertz CT molecular complexity index is 503. The van der Waals surface area contributed by atoms with E-state index in [9.17, 15) is 9.59 Å². The van der Waals surface area contributed by atoms with Crippen LogP contribution in [0.15, 0.2) is 6.20 Å². The molecule has 7 nitrogen and oxygen atoms in total. The molecule has 0 radical (unpaired) electrons. The lowest BCUT2D eigenvalue weighted by atomic mass is 10.1. The van der Waals surface area contributed by atoms with Gasteiger partial charge in [-0.25, -0.2) is 4.79 Å². The first-order chi connectivity index (χ1) is 9.77. The van der Waals surface area contributed by atoms with Crippen LogP contribution in [0.5, 0.6) is 0 Å². The number of carboxylic acids is 1. The zero-order chi connectivity index (χ0) is 16.0. The van der Waals surface area contributed by atoms with E-state index in [1.807, 2.05) is 32.4 Å². The van der Waals surface area contributed by atoms with E-state index in [-0.39, 0.29) is 31.2 Å². The van der Waals surface area contributed by atoms with Gasteiger partial charge >= 0.3 is 5.97 Å². The van der Waals surface area contributed by atoms with Crippen molar-refractivity contribution in [3.63, 3.8) is 0 Å². The maximum absolute atomic E-state index is 12.1.